The Kier molecular flexibility index (Phi) is 5.49. The number of nitrogens with one attached hydrogen (secondary N) is 1. The van der Waals surface area contributed by atoms with Gasteiger partial charge in [-0.1, -0.05) is 19.8 Å². The van der Waals surface area contributed by atoms with Crippen molar-refractivity contribution >= 4 is 11.8 Å². The quantitative estimate of drug-likeness (QED) is 0.849. The third-order valence-electron chi connectivity index (χ3n) is 4.73. The molecule has 0 bridgehead atoms. The standard InChI is InChI=1S/C18H24N2O3/c1-4-18(5-2,6-3)19-16(21)14-9-11-20(12-10-14)17(22)15-8-7-13-23-15/h1,7-8,13-14H,5-6,9-12H2,2-3H3,(H,19,21). The van der Waals surface area contributed by atoms with Gasteiger partial charge in [-0.25, -0.2) is 0 Å². The molecule has 0 aliphatic carbocycles. The van der Waals surface area contributed by atoms with Crippen LogP contribution in [0.1, 0.15) is 50.1 Å². The minimum atomic E-state index is -0.557. The third kappa shape index (κ3) is 3.76. The predicted molar refractivity (Wildman–Crippen MR) is 87.6 cm³/mol. The molecule has 23 heavy (non-hydrogen) atoms. The summed E-state index contributed by atoms with van der Waals surface area (Å²) in [5.41, 5.74) is -0.557. The van der Waals surface area contributed by atoms with Crippen molar-refractivity contribution in [3.63, 3.8) is 0 Å². The molecular weight excluding hydrogens is 292 g/mol. The average Bonchev–Trinajstić information content (AvgIpc) is 3.14. The molecule has 2 amide bonds. The number of hydrogen-bond donors (Lipinski definition) is 1. The third-order valence-corrected chi connectivity index (χ3v) is 4.73. The van der Waals surface area contributed by atoms with Gasteiger partial charge in [0.05, 0.1) is 6.26 Å². The van der Waals surface area contributed by atoms with Crippen LogP contribution in [-0.4, -0.2) is 35.3 Å². The Morgan fingerprint density at radius 2 is 2.04 bits per heavy atom. The average molecular weight is 316 g/mol. The summed E-state index contributed by atoms with van der Waals surface area (Å²) in [4.78, 5) is 26.4. The summed E-state index contributed by atoms with van der Waals surface area (Å²) in [6, 6.07) is 3.35. The molecule has 0 saturated carbocycles. The van der Waals surface area contributed by atoms with Crippen LogP contribution in [0.2, 0.25) is 0 Å². The molecule has 5 nitrogen and oxygen atoms in total. The lowest BCUT2D eigenvalue weighted by molar-refractivity contribution is -0.127. The number of furan rings is 1. The summed E-state index contributed by atoms with van der Waals surface area (Å²) in [6.45, 7) is 5.07. The topological polar surface area (TPSA) is 62.6 Å². The number of hydrogen-bond acceptors (Lipinski definition) is 3. The maximum Gasteiger partial charge on any atom is 0.289 e. The van der Waals surface area contributed by atoms with E-state index in [4.69, 9.17) is 10.8 Å². The second-order valence-electron chi connectivity index (χ2n) is 5.97. The minimum Gasteiger partial charge on any atom is -0.459 e. The van der Waals surface area contributed by atoms with Crippen LogP contribution in [0.5, 0.6) is 0 Å². The van der Waals surface area contributed by atoms with E-state index in [0.717, 1.165) is 0 Å². The highest BCUT2D eigenvalue weighted by Crippen LogP contribution is 2.22. The number of amides is 2. The summed E-state index contributed by atoms with van der Waals surface area (Å²) in [6.07, 6.45) is 9.79. The monoisotopic (exact) mass is 316 g/mol. The molecule has 1 saturated heterocycles. The first-order valence-corrected chi connectivity index (χ1v) is 8.17. The van der Waals surface area contributed by atoms with Gasteiger partial charge in [-0.15, -0.1) is 6.42 Å². The number of rotatable bonds is 5. The van der Waals surface area contributed by atoms with Crippen LogP contribution in [0.25, 0.3) is 0 Å². The van der Waals surface area contributed by atoms with Crippen LogP contribution in [0, 0.1) is 18.3 Å². The largest absolute Gasteiger partial charge is 0.459 e. The highest BCUT2D eigenvalue weighted by molar-refractivity contribution is 5.91. The van der Waals surface area contributed by atoms with Crippen molar-refractivity contribution in [2.45, 2.75) is 45.1 Å². The number of carbonyl (C=O) groups excluding carboxylic acids is 2. The molecule has 1 aromatic heterocycles. The molecule has 0 spiro atoms. The highest BCUT2D eigenvalue weighted by atomic mass is 16.3. The van der Waals surface area contributed by atoms with Gasteiger partial charge >= 0.3 is 0 Å². The van der Waals surface area contributed by atoms with Gasteiger partial charge in [0.15, 0.2) is 5.76 Å². The molecule has 1 aliphatic heterocycles. The Bertz CT molecular complexity index is 574. The second kappa shape index (κ2) is 7.36. The van der Waals surface area contributed by atoms with Gasteiger partial charge < -0.3 is 14.6 Å². The van der Waals surface area contributed by atoms with Crippen molar-refractivity contribution < 1.29 is 14.0 Å². The number of nitrogens with zero attached hydrogens (tertiary/aromatic N) is 1. The van der Waals surface area contributed by atoms with E-state index >= 15 is 0 Å². The smallest absolute Gasteiger partial charge is 0.289 e. The molecule has 2 rings (SSSR count). The van der Waals surface area contributed by atoms with Crippen molar-refractivity contribution in [2.24, 2.45) is 5.92 Å². The summed E-state index contributed by atoms with van der Waals surface area (Å²) in [5.74, 6) is 2.85. The van der Waals surface area contributed by atoms with E-state index < -0.39 is 5.54 Å². The van der Waals surface area contributed by atoms with Gasteiger partial charge in [0, 0.05) is 19.0 Å². The molecule has 1 N–H and O–H groups in total. The lowest BCUT2D eigenvalue weighted by Crippen LogP contribution is -2.51. The first-order valence-electron chi connectivity index (χ1n) is 8.17. The zero-order chi connectivity index (χ0) is 16.9. The van der Waals surface area contributed by atoms with Crippen LogP contribution in [0.3, 0.4) is 0 Å². The van der Waals surface area contributed by atoms with Gasteiger partial charge in [-0.05, 0) is 37.8 Å². The maximum atomic E-state index is 12.5. The van der Waals surface area contributed by atoms with Gasteiger partial charge in [0.25, 0.3) is 5.91 Å². The minimum absolute atomic E-state index is 0.00301. The zero-order valence-corrected chi connectivity index (χ0v) is 13.8. The Morgan fingerprint density at radius 3 is 2.52 bits per heavy atom. The number of carbonyl (C=O) groups is 2. The van der Waals surface area contributed by atoms with Crippen molar-refractivity contribution in [3.8, 4) is 12.3 Å². The number of likely N-dealkylation sites (tertiary alicyclic amines) is 1. The summed E-state index contributed by atoms with van der Waals surface area (Å²) in [7, 11) is 0. The van der Waals surface area contributed by atoms with Gasteiger partial charge in [0.2, 0.25) is 5.91 Å². The van der Waals surface area contributed by atoms with E-state index in [2.05, 4.69) is 11.2 Å². The normalized spacial score (nSPS) is 16.0. The predicted octanol–water partition coefficient (Wildman–Crippen LogP) is 2.44. The first kappa shape index (κ1) is 17.1. The summed E-state index contributed by atoms with van der Waals surface area (Å²) < 4.78 is 5.14. The molecule has 1 aliphatic rings. The van der Waals surface area contributed by atoms with E-state index in [-0.39, 0.29) is 17.7 Å². The van der Waals surface area contributed by atoms with Gasteiger partial charge in [-0.3, -0.25) is 9.59 Å². The van der Waals surface area contributed by atoms with E-state index in [0.29, 0.717) is 44.5 Å². The molecule has 0 radical (unpaired) electrons. The van der Waals surface area contributed by atoms with Crippen molar-refractivity contribution in [3.05, 3.63) is 24.2 Å². The lowest BCUT2D eigenvalue weighted by Gasteiger charge is -2.34. The molecule has 0 atom stereocenters. The Hall–Kier alpha value is -2.22. The molecule has 2 heterocycles. The molecule has 124 valence electrons. The van der Waals surface area contributed by atoms with Crippen molar-refractivity contribution in [1.82, 2.24) is 10.2 Å². The first-order chi connectivity index (χ1) is 11.0. The van der Waals surface area contributed by atoms with E-state index in [1.54, 1.807) is 17.0 Å². The maximum absolute atomic E-state index is 12.5. The highest BCUT2D eigenvalue weighted by Gasteiger charge is 2.32. The molecule has 0 unspecified atom stereocenters. The fourth-order valence-corrected chi connectivity index (χ4v) is 2.91. The lowest BCUT2D eigenvalue weighted by atomic mass is 9.90. The van der Waals surface area contributed by atoms with Crippen LogP contribution in [-0.2, 0) is 4.79 Å². The van der Waals surface area contributed by atoms with Gasteiger partial charge in [-0.2, -0.15) is 0 Å². The van der Waals surface area contributed by atoms with E-state index in [1.165, 1.54) is 6.26 Å². The van der Waals surface area contributed by atoms with Crippen molar-refractivity contribution in [2.75, 3.05) is 13.1 Å². The second-order valence-corrected chi connectivity index (χ2v) is 5.97. The Labute approximate surface area is 137 Å². The molecule has 1 aromatic rings. The van der Waals surface area contributed by atoms with Crippen molar-refractivity contribution in [1.29, 1.82) is 0 Å². The fourth-order valence-electron chi connectivity index (χ4n) is 2.91. The number of piperidine rings is 1. The van der Waals surface area contributed by atoms with Gasteiger partial charge in [0.1, 0.15) is 5.54 Å². The molecule has 0 aromatic carbocycles. The zero-order valence-electron chi connectivity index (χ0n) is 13.8. The molecule has 5 heteroatoms. The SMILES string of the molecule is C#CC(CC)(CC)NC(=O)C1CCN(C(=O)c2ccco2)CC1. The summed E-state index contributed by atoms with van der Waals surface area (Å²) >= 11 is 0. The van der Waals surface area contributed by atoms with E-state index in [9.17, 15) is 9.59 Å². The Balaban J connectivity index is 1.90. The molecule has 1 fully saturated rings. The Morgan fingerprint density at radius 1 is 1.39 bits per heavy atom. The van der Waals surface area contributed by atoms with Crippen LogP contribution >= 0.6 is 0 Å². The van der Waals surface area contributed by atoms with E-state index in [1.807, 2.05) is 13.8 Å². The van der Waals surface area contributed by atoms with Crippen LogP contribution in [0.15, 0.2) is 22.8 Å². The van der Waals surface area contributed by atoms with Crippen LogP contribution in [0.4, 0.5) is 0 Å². The fraction of sp³-hybridized carbons (Fsp3) is 0.556. The summed E-state index contributed by atoms with van der Waals surface area (Å²) in [5, 5.41) is 3.02. The number of terminal acetylenes is 1. The van der Waals surface area contributed by atoms with Crippen LogP contribution < -0.4 is 5.32 Å². The molecular formula is C18H24N2O3.